The summed E-state index contributed by atoms with van der Waals surface area (Å²) in [6.07, 6.45) is 1.92. The van der Waals surface area contributed by atoms with E-state index in [4.69, 9.17) is 9.47 Å². The van der Waals surface area contributed by atoms with Crippen molar-refractivity contribution >= 4 is 17.9 Å². The zero-order valence-corrected chi connectivity index (χ0v) is 11.7. The number of benzene rings is 1. The lowest BCUT2D eigenvalue weighted by Gasteiger charge is -2.17. The maximum atomic E-state index is 12.1. The molecule has 1 amide bonds. The van der Waals surface area contributed by atoms with Gasteiger partial charge in [-0.3, -0.25) is 9.59 Å². The summed E-state index contributed by atoms with van der Waals surface area (Å²) in [4.78, 5) is 22.9. The van der Waals surface area contributed by atoms with Gasteiger partial charge in [0.25, 0.3) is 5.91 Å². The molecule has 0 bridgehead atoms. The Labute approximate surface area is 118 Å². The second-order valence-electron chi connectivity index (χ2n) is 5.03. The van der Waals surface area contributed by atoms with Gasteiger partial charge in [0.2, 0.25) is 0 Å². The van der Waals surface area contributed by atoms with Crippen LogP contribution in [0.2, 0.25) is 0 Å². The topological polar surface area (TPSA) is 64.6 Å². The average Bonchev–Trinajstić information content (AvgIpc) is 2.94. The Morgan fingerprint density at radius 2 is 2.30 bits per heavy atom. The Morgan fingerprint density at radius 3 is 2.90 bits per heavy atom. The average molecular weight is 277 g/mol. The second-order valence-corrected chi connectivity index (χ2v) is 5.03. The summed E-state index contributed by atoms with van der Waals surface area (Å²) < 4.78 is 11.0. The van der Waals surface area contributed by atoms with Gasteiger partial charge in [0.1, 0.15) is 18.1 Å². The Morgan fingerprint density at radius 1 is 1.50 bits per heavy atom. The molecule has 0 radical (unpaired) electrons. The Bertz CT molecular complexity index is 493. The van der Waals surface area contributed by atoms with Crippen LogP contribution in [0.1, 0.15) is 37.0 Å². The van der Waals surface area contributed by atoms with Crippen LogP contribution in [-0.2, 0) is 9.53 Å². The molecule has 1 aromatic carbocycles. The molecule has 1 fully saturated rings. The maximum Gasteiger partial charge on any atom is 0.253 e. The number of carbonyl (C=O) groups is 2. The highest BCUT2D eigenvalue weighted by atomic mass is 16.5. The molecule has 0 aromatic heterocycles. The van der Waals surface area contributed by atoms with Gasteiger partial charge < -0.3 is 14.8 Å². The zero-order valence-electron chi connectivity index (χ0n) is 11.7. The third-order valence-electron chi connectivity index (χ3n) is 2.98. The standard InChI is InChI=1S/C15H19NO4/c1-10(2)20-13-6-5-11(9-17)8-12(13)16-15(18)14-4-3-7-19-14/h5-6,8-10,14H,3-4,7H2,1-2H3,(H,16,18). The van der Waals surface area contributed by atoms with E-state index in [1.54, 1.807) is 18.2 Å². The SMILES string of the molecule is CC(C)Oc1ccc(C=O)cc1NC(=O)C1CCCO1. The van der Waals surface area contributed by atoms with Gasteiger partial charge in [-0.05, 0) is 44.9 Å². The Kier molecular flexibility index (Phi) is 4.74. The second kappa shape index (κ2) is 6.52. The van der Waals surface area contributed by atoms with Crippen molar-refractivity contribution in [1.82, 2.24) is 0 Å². The number of nitrogens with one attached hydrogen (secondary N) is 1. The van der Waals surface area contributed by atoms with Gasteiger partial charge in [-0.1, -0.05) is 0 Å². The fourth-order valence-corrected chi connectivity index (χ4v) is 2.07. The molecule has 1 unspecified atom stereocenters. The number of hydrogen-bond acceptors (Lipinski definition) is 4. The Balaban J connectivity index is 2.18. The molecule has 1 saturated heterocycles. The van der Waals surface area contributed by atoms with Gasteiger partial charge >= 0.3 is 0 Å². The number of carbonyl (C=O) groups excluding carboxylic acids is 2. The molecule has 1 aliphatic rings. The molecule has 108 valence electrons. The lowest BCUT2D eigenvalue weighted by Crippen LogP contribution is -2.27. The van der Waals surface area contributed by atoms with Crippen molar-refractivity contribution in [3.63, 3.8) is 0 Å². The first-order chi connectivity index (χ1) is 9.60. The van der Waals surface area contributed by atoms with E-state index in [9.17, 15) is 9.59 Å². The first kappa shape index (κ1) is 14.5. The summed E-state index contributed by atoms with van der Waals surface area (Å²) in [5.41, 5.74) is 0.993. The van der Waals surface area contributed by atoms with Crippen molar-refractivity contribution in [2.24, 2.45) is 0 Å². The largest absolute Gasteiger partial charge is 0.489 e. The molecule has 5 nitrogen and oxygen atoms in total. The van der Waals surface area contributed by atoms with Crippen LogP contribution in [0.25, 0.3) is 0 Å². The van der Waals surface area contributed by atoms with Crippen molar-refractivity contribution in [3.8, 4) is 5.75 Å². The Hall–Kier alpha value is -1.88. The summed E-state index contributed by atoms with van der Waals surface area (Å²) in [6.45, 7) is 4.42. The first-order valence-electron chi connectivity index (χ1n) is 6.78. The predicted molar refractivity (Wildman–Crippen MR) is 75.2 cm³/mol. The summed E-state index contributed by atoms with van der Waals surface area (Å²) in [5.74, 6) is 0.358. The fraction of sp³-hybridized carbons (Fsp3) is 0.467. The van der Waals surface area contributed by atoms with Crippen LogP contribution >= 0.6 is 0 Å². The van der Waals surface area contributed by atoms with E-state index >= 15 is 0 Å². The smallest absolute Gasteiger partial charge is 0.253 e. The number of amides is 1. The molecule has 1 heterocycles. The quantitative estimate of drug-likeness (QED) is 0.839. The van der Waals surface area contributed by atoms with E-state index < -0.39 is 6.10 Å². The van der Waals surface area contributed by atoms with Gasteiger partial charge in [-0.15, -0.1) is 0 Å². The number of aldehydes is 1. The maximum absolute atomic E-state index is 12.1. The van der Waals surface area contributed by atoms with E-state index in [0.29, 0.717) is 23.6 Å². The minimum atomic E-state index is -0.415. The van der Waals surface area contributed by atoms with Gasteiger partial charge in [0.05, 0.1) is 11.8 Å². The molecule has 1 aromatic rings. The van der Waals surface area contributed by atoms with Crippen molar-refractivity contribution in [3.05, 3.63) is 23.8 Å². The van der Waals surface area contributed by atoms with Crippen molar-refractivity contribution < 1.29 is 19.1 Å². The molecule has 2 rings (SSSR count). The lowest BCUT2D eigenvalue weighted by molar-refractivity contribution is -0.124. The first-order valence-corrected chi connectivity index (χ1v) is 6.78. The van der Waals surface area contributed by atoms with Crippen LogP contribution in [0.3, 0.4) is 0 Å². The van der Waals surface area contributed by atoms with E-state index in [2.05, 4.69) is 5.32 Å². The van der Waals surface area contributed by atoms with Crippen molar-refractivity contribution in [2.75, 3.05) is 11.9 Å². The summed E-state index contributed by atoms with van der Waals surface area (Å²) in [5, 5.41) is 2.78. The van der Waals surface area contributed by atoms with Gasteiger partial charge in [-0.2, -0.15) is 0 Å². The van der Waals surface area contributed by atoms with E-state index in [1.165, 1.54) is 0 Å². The summed E-state index contributed by atoms with van der Waals surface area (Å²) in [6, 6.07) is 4.96. The molecule has 0 aliphatic carbocycles. The highest BCUT2D eigenvalue weighted by Crippen LogP contribution is 2.27. The highest BCUT2D eigenvalue weighted by molar-refractivity contribution is 5.96. The molecular weight excluding hydrogens is 258 g/mol. The van der Waals surface area contributed by atoms with Crippen molar-refractivity contribution in [1.29, 1.82) is 0 Å². The van der Waals surface area contributed by atoms with Crippen LogP contribution in [0.15, 0.2) is 18.2 Å². The van der Waals surface area contributed by atoms with Gasteiger partial charge in [-0.25, -0.2) is 0 Å². The van der Waals surface area contributed by atoms with Crippen molar-refractivity contribution in [2.45, 2.75) is 38.9 Å². The van der Waals surface area contributed by atoms with Crippen LogP contribution in [0.5, 0.6) is 5.75 Å². The molecule has 1 aliphatic heterocycles. The number of anilines is 1. The number of rotatable bonds is 5. The van der Waals surface area contributed by atoms with Gasteiger partial charge in [0.15, 0.2) is 0 Å². The van der Waals surface area contributed by atoms with Gasteiger partial charge in [0, 0.05) is 12.2 Å². The highest BCUT2D eigenvalue weighted by Gasteiger charge is 2.24. The molecule has 0 spiro atoms. The van der Waals surface area contributed by atoms with Crippen LogP contribution in [0, 0.1) is 0 Å². The predicted octanol–water partition coefficient (Wildman–Crippen LogP) is 2.40. The summed E-state index contributed by atoms with van der Waals surface area (Å²) >= 11 is 0. The van der Waals surface area contributed by atoms with E-state index in [-0.39, 0.29) is 12.0 Å². The summed E-state index contributed by atoms with van der Waals surface area (Å²) in [7, 11) is 0. The van der Waals surface area contributed by atoms with Crippen LogP contribution < -0.4 is 10.1 Å². The molecule has 1 N–H and O–H groups in total. The molecule has 1 atom stereocenters. The van der Waals surface area contributed by atoms with E-state index in [1.807, 2.05) is 13.8 Å². The fourth-order valence-electron chi connectivity index (χ4n) is 2.07. The molecular formula is C15H19NO4. The minimum Gasteiger partial charge on any atom is -0.489 e. The molecule has 0 saturated carbocycles. The van der Waals surface area contributed by atoms with E-state index in [0.717, 1.165) is 19.1 Å². The zero-order chi connectivity index (χ0) is 14.5. The molecule has 20 heavy (non-hydrogen) atoms. The molecule has 5 heteroatoms. The number of ether oxygens (including phenoxy) is 2. The van der Waals surface area contributed by atoms with Crippen LogP contribution in [-0.4, -0.2) is 31.0 Å². The lowest BCUT2D eigenvalue weighted by atomic mass is 10.1. The van der Waals surface area contributed by atoms with Crippen LogP contribution in [0.4, 0.5) is 5.69 Å². The monoisotopic (exact) mass is 277 g/mol. The third kappa shape index (κ3) is 3.57. The number of hydrogen-bond donors (Lipinski definition) is 1. The normalized spacial score (nSPS) is 18.1. The third-order valence-corrected chi connectivity index (χ3v) is 2.98. The minimum absolute atomic E-state index is 0.0181.